The number of imide groups is 1. The number of nitrogens with zero attached hydrogens (tertiary/aromatic N) is 1. The first-order chi connectivity index (χ1) is 9.48. The summed E-state index contributed by atoms with van der Waals surface area (Å²) in [7, 11) is -3.50. The maximum absolute atomic E-state index is 11.8. The highest BCUT2D eigenvalue weighted by atomic mass is 32.2. The van der Waals surface area contributed by atoms with E-state index in [1.807, 2.05) is 16.8 Å². The van der Waals surface area contributed by atoms with Crippen LogP contribution in [0.4, 0.5) is 0 Å². The number of amides is 2. The third kappa shape index (κ3) is 4.12. The molecular formula is C12H16N2O4S2. The van der Waals surface area contributed by atoms with Gasteiger partial charge in [0.05, 0.1) is 5.75 Å². The molecule has 1 saturated heterocycles. The van der Waals surface area contributed by atoms with Gasteiger partial charge in [0.2, 0.25) is 21.8 Å². The lowest BCUT2D eigenvalue weighted by atomic mass is 10.1. The summed E-state index contributed by atoms with van der Waals surface area (Å²) in [5.74, 6) is -0.821. The molecule has 2 rings (SSSR count). The molecule has 2 amide bonds. The standard InChI is InChI=1S/C12H16N2O4S2/c15-11-2-1-3-12(16)14(11)5-7-20(17,18)13-8-10-4-6-19-9-10/h4,6,9,13H,1-3,5,7-8H2. The molecule has 0 radical (unpaired) electrons. The number of piperidine rings is 1. The Balaban J connectivity index is 1.85. The first-order valence-corrected chi connectivity index (χ1v) is 8.89. The number of hydrogen-bond acceptors (Lipinski definition) is 5. The number of likely N-dealkylation sites (tertiary alicyclic amines) is 1. The van der Waals surface area contributed by atoms with E-state index in [2.05, 4.69) is 4.72 Å². The van der Waals surface area contributed by atoms with Crippen molar-refractivity contribution < 1.29 is 18.0 Å². The Labute approximate surface area is 121 Å². The van der Waals surface area contributed by atoms with Gasteiger partial charge >= 0.3 is 0 Å². The fourth-order valence-corrected chi connectivity index (χ4v) is 3.54. The largest absolute Gasteiger partial charge is 0.282 e. The lowest BCUT2D eigenvalue weighted by Gasteiger charge is -2.24. The molecule has 8 heteroatoms. The van der Waals surface area contributed by atoms with Gasteiger partial charge in [0, 0.05) is 25.9 Å². The van der Waals surface area contributed by atoms with Gasteiger partial charge in [-0.25, -0.2) is 13.1 Å². The van der Waals surface area contributed by atoms with Gasteiger partial charge in [0.25, 0.3) is 0 Å². The van der Waals surface area contributed by atoms with Crippen LogP contribution in [0.15, 0.2) is 16.8 Å². The number of rotatable bonds is 6. The SMILES string of the molecule is O=C1CCCC(=O)N1CCS(=O)(=O)NCc1ccsc1. The molecule has 0 spiro atoms. The van der Waals surface area contributed by atoms with Gasteiger partial charge < -0.3 is 0 Å². The molecule has 0 saturated carbocycles. The lowest BCUT2D eigenvalue weighted by Crippen LogP contribution is -2.43. The Kier molecular flexibility index (Phi) is 4.90. The van der Waals surface area contributed by atoms with E-state index < -0.39 is 10.0 Å². The zero-order valence-electron chi connectivity index (χ0n) is 10.9. The highest BCUT2D eigenvalue weighted by Gasteiger charge is 2.27. The summed E-state index contributed by atoms with van der Waals surface area (Å²) in [6, 6.07) is 1.84. The molecular weight excluding hydrogens is 300 g/mol. The Morgan fingerprint density at radius 2 is 1.95 bits per heavy atom. The van der Waals surface area contributed by atoms with Crippen LogP contribution in [0.25, 0.3) is 0 Å². The predicted octanol–water partition coefficient (Wildman–Crippen LogP) is 0.707. The molecule has 0 aromatic carbocycles. The average molecular weight is 316 g/mol. The molecule has 110 valence electrons. The van der Waals surface area contributed by atoms with Gasteiger partial charge in [-0.2, -0.15) is 11.3 Å². The van der Waals surface area contributed by atoms with Crippen LogP contribution in [0.1, 0.15) is 24.8 Å². The maximum Gasteiger partial charge on any atom is 0.229 e. The predicted molar refractivity (Wildman–Crippen MR) is 75.5 cm³/mol. The molecule has 1 aliphatic heterocycles. The van der Waals surface area contributed by atoms with Crippen LogP contribution >= 0.6 is 11.3 Å². The minimum atomic E-state index is -3.50. The molecule has 1 N–H and O–H groups in total. The number of thiophene rings is 1. The molecule has 0 atom stereocenters. The molecule has 0 aliphatic carbocycles. The monoisotopic (exact) mass is 316 g/mol. The maximum atomic E-state index is 11.8. The van der Waals surface area contributed by atoms with E-state index in [0.717, 1.165) is 10.5 Å². The van der Waals surface area contributed by atoms with Gasteiger partial charge in [0.1, 0.15) is 0 Å². The van der Waals surface area contributed by atoms with Gasteiger partial charge in [-0.15, -0.1) is 0 Å². The van der Waals surface area contributed by atoms with E-state index in [0.29, 0.717) is 19.3 Å². The van der Waals surface area contributed by atoms with E-state index >= 15 is 0 Å². The summed E-state index contributed by atoms with van der Waals surface area (Å²) in [6.45, 7) is 0.157. The fourth-order valence-electron chi connectivity index (χ4n) is 1.92. The van der Waals surface area contributed by atoms with Crippen LogP contribution < -0.4 is 4.72 Å². The molecule has 1 aromatic rings. The molecule has 20 heavy (non-hydrogen) atoms. The van der Waals surface area contributed by atoms with E-state index in [9.17, 15) is 18.0 Å². The van der Waals surface area contributed by atoms with Crippen molar-refractivity contribution in [1.82, 2.24) is 9.62 Å². The summed E-state index contributed by atoms with van der Waals surface area (Å²) < 4.78 is 26.1. The number of hydrogen-bond donors (Lipinski definition) is 1. The Morgan fingerprint density at radius 1 is 1.25 bits per heavy atom. The van der Waals surface area contributed by atoms with Crippen LogP contribution in [-0.4, -0.2) is 37.4 Å². The molecule has 0 bridgehead atoms. The van der Waals surface area contributed by atoms with Crippen molar-refractivity contribution in [3.8, 4) is 0 Å². The molecule has 1 aromatic heterocycles. The van der Waals surface area contributed by atoms with Crippen LogP contribution in [0.3, 0.4) is 0 Å². The third-order valence-corrected chi connectivity index (χ3v) is 5.08. The van der Waals surface area contributed by atoms with Gasteiger partial charge in [-0.05, 0) is 28.8 Å². The van der Waals surface area contributed by atoms with Crippen molar-refractivity contribution >= 4 is 33.2 Å². The number of carbonyl (C=O) groups is 2. The fraction of sp³-hybridized carbons (Fsp3) is 0.500. The van der Waals surface area contributed by atoms with Crippen molar-refractivity contribution in [3.63, 3.8) is 0 Å². The summed E-state index contributed by atoms with van der Waals surface area (Å²) in [5.41, 5.74) is 0.892. The zero-order chi connectivity index (χ0) is 14.6. The topological polar surface area (TPSA) is 83.6 Å². The first-order valence-electron chi connectivity index (χ1n) is 6.29. The Hall–Kier alpha value is -1.25. The summed E-state index contributed by atoms with van der Waals surface area (Å²) in [4.78, 5) is 24.2. The van der Waals surface area contributed by atoms with Crippen LogP contribution in [0.2, 0.25) is 0 Å². The molecule has 6 nitrogen and oxygen atoms in total. The van der Waals surface area contributed by atoms with E-state index in [1.54, 1.807) is 0 Å². The second-order valence-electron chi connectivity index (χ2n) is 4.56. The normalized spacial score (nSPS) is 16.7. The van der Waals surface area contributed by atoms with Crippen LogP contribution in [-0.2, 0) is 26.2 Å². The second-order valence-corrected chi connectivity index (χ2v) is 7.27. The Morgan fingerprint density at radius 3 is 2.55 bits per heavy atom. The summed E-state index contributed by atoms with van der Waals surface area (Å²) in [6.07, 6.45) is 1.18. The molecule has 0 unspecified atom stereocenters. The summed E-state index contributed by atoms with van der Waals surface area (Å²) >= 11 is 1.49. The van der Waals surface area contributed by atoms with Crippen LogP contribution in [0, 0.1) is 0 Å². The summed E-state index contributed by atoms with van der Waals surface area (Å²) in [5, 5.41) is 3.73. The number of sulfonamides is 1. The zero-order valence-corrected chi connectivity index (χ0v) is 12.5. The molecule has 2 heterocycles. The number of carbonyl (C=O) groups excluding carboxylic acids is 2. The molecule has 1 fully saturated rings. The van der Waals surface area contributed by atoms with Crippen LogP contribution in [0.5, 0.6) is 0 Å². The second kappa shape index (κ2) is 6.47. The average Bonchev–Trinajstić information content (AvgIpc) is 2.89. The van der Waals surface area contributed by atoms with Gasteiger partial charge in [0.15, 0.2) is 0 Å². The van der Waals surface area contributed by atoms with Crippen molar-refractivity contribution in [3.05, 3.63) is 22.4 Å². The first kappa shape index (κ1) is 15.1. The quantitative estimate of drug-likeness (QED) is 0.783. The minimum Gasteiger partial charge on any atom is -0.282 e. The van der Waals surface area contributed by atoms with E-state index in [-0.39, 0.29) is 30.7 Å². The van der Waals surface area contributed by atoms with Gasteiger partial charge in [-0.3, -0.25) is 14.5 Å². The van der Waals surface area contributed by atoms with E-state index in [4.69, 9.17) is 0 Å². The minimum absolute atomic E-state index is 0.0728. The lowest BCUT2D eigenvalue weighted by molar-refractivity contribution is -0.147. The third-order valence-electron chi connectivity index (χ3n) is 3.04. The Bertz CT molecular complexity index is 565. The highest BCUT2D eigenvalue weighted by Crippen LogP contribution is 2.12. The van der Waals surface area contributed by atoms with Crippen molar-refractivity contribution in [2.75, 3.05) is 12.3 Å². The van der Waals surface area contributed by atoms with E-state index in [1.165, 1.54) is 11.3 Å². The van der Waals surface area contributed by atoms with Crippen molar-refractivity contribution in [2.24, 2.45) is 0 Å². The van der Waals surface area contributed by atoms with Gasteiger partial charge in [-0.1, -0.05) is 0 Å². The number of nitrogens with one attached hydrogen (secondary N) is 1. The highest BCUT2D eigenvalue weighted by molar-refractivity contribution is 7.89. The molecule has 1 aliphatic rings. The van der Waals surface area contributed by atoms with Crippen molar-refractivity contribution in [2.45, 2.75) is 25.8 Å². The van der Waals surface area contributed by atoms with Crippen molar-refractivity contribution in [1.29, 1.82) is 0 Å². The smallest absolute Gasteiger partial charge is 0.229 e.